The van der Waals surface area contributed by atoms with Gasteiger partial charge in [0.25, 0.3) is 0 Å². The first-order chi connectivity index (χ1) is 22.9. The Kier molecular flexibility index (Phi) is 5.38. The Morgan fingerprint density at radius 1 is 0.489 bits per heavy atom. The van der Waals surface area contributed by atoms with E-state index in [1.54, 1.807) is 0 Å². The average Bonchev–Trinajstić information content (AvgIpc) is 3.70. The summed E-state index contributed by atoms with van der Waals surface area (Å²) < 4.78 is 4.58. The number of nitrogens with zero attached hydrogens (tertiary/aromatic N) is 5. The summed E-state index contributed by atoms with van der Waals surface area (Å²) in [5.74, 6) is 0. The van der Waals surface area contributed by atoms with Crippen molar-refractivity contribution < 1.29 is 0 Å². The maximum Gasteiger partial charge on any atom is 0.0991 e. The van der Waals surface area contributed by atoms with E-state index >= 15 is 0 Å². The van der Waals surface area contributed by atoms with E-state index in [-0.39, 0.29) is 5.41 Å². The highest BCUT2D eigenvalue weighted by atomic mass is 15.0. The molecule has 47 heavy (non-hydrogen) atoms. The lowest BCUT2D eigenvalue weighted by Gasteiger charge is -2.21. The Balaban J connectivity index is 1.38. The van der Waals surface area contributed by atoms with Gasteiger partial charge in [0.15, 0.2) is 0 Å². The number of fused-ring (bicyclic) bond motifs is 10. The van der Waals surface area contributed by atoms with Gasteiger partial charge >= 0.3 is 0 Å². The van der Waals surface area contributed by atoms with E-state index in [9.17, 15) is 15.8 Å². The molecule has 0 saturated carbocycles. The lowest BCUT2D eigenvalue weighted by Crippen LogP contribution is -2.14. The third kappa shape index (κ3) is 3.56. The van der Waals surface area contributed by atoms with E-state index in [2.05, 4.69) is 108 Å². The van der Waals surface area contributed by atoms with E-state index in [4.69, 9.17) is 0 Å². The third-order valence-corrected chi connectivity index (χ3v) is 9.97. The maximum absolute atomic E-state index is 9.85. The van der Waals surface area contributed by atoms with Crippen molar-refractivity contribution in [2.45, 2.75) is 19.3 Å². The van der Waals surface area contributed by atoms with Crippen molar-refractivity contribution in [2.75, 3.05) is 0 Å². The van der Waals surface area contributed by atoms with Crippen LogP contribution in [-0.2, 0) is 5.41 Å². The van der Waals surface area contributed by atoms with Gasteiger partial charge in [-0.25, -0.2) is 0 Å². The first-order valence-corrected chi connectivity index (χ1v) is 15.5. The van der Waals surface area contributed by atoms with Crippen molar-refractivity contribution in [1.82, 2.24) is 9.13 Å². The lowest BCUT2D eigenvalue weighted by molar-refractivity contribution is 0.660. The Morgan fingerprint density at radius 2 is 1.06 bits per heavy atom. The standard InChI is InChI=1S/C42H25N5/c1-42(2)35-14-10-25(22-43)20-34(35)40-36(42)15-13-31-30-8-3-4-9-37(30)47(41(31)40)29-7-5-6-28(21-29)46-38-16-11-26(23-44)18-32(38)33-19-27(24-45)12-17-39(33)46/h3-21H,1-2H3. The molecule has 0 spiro atoms. The summed E-state index contributed by atoms with van der Waals surface area (Å²) in [6.45, 7) is 4.53. The summed E-state index contributed by atoms with van der Waals surface area (Å²) in [5.41, 5.74) is 12.5. The van der Waals surface area contributed by atoms with Gasteiger partial charge in [0.05, 0.1) is 57.0 Å². The minimum Gasteiger partial charge on any atom is -0.309 e. The van der Waals surface area contributed by atoms with E-state index in [0.717, 1.165) is 49.8 Å². The van der Waals surface area contributed by atoms with Crippen LogP contribution in [0.4, 0.5) is 0 Å². The minimum absolute atomic E-state index is 0.219. The van der Waals surface area contributed by atoms with Crippen LogP contribution in [0.15, 0.2) is 115 Å². The van der Waals surface area contributed by atoms with Crippen LogP contribution in [0.1, 0.15) is 41.7 Å². The maximum atomic E-state index is 9.85. The zero-order valence-electron chi connectivity index (χ0n) is 25.7. The second kappa shape index (κ2) is 9.45. The Hall–Kier alpha value is -6.61. The third-order valence-electron chi connectivity index (χ3n) is 9.97. The quantitative estimate of drug-likeness (QED) is 0.198. The number of para-hydroxylation sites is 1. The predicted molar refractivity (Wildman–Crippen MR) is 187 cm³/mol. The Morgan fingerprint density at radius 3 is 1.74 bits per heavy atom. The van der Waals surface area contributed by atoms with Crippen LogP contribution in [0.25, 0.3) is 66.1 Å². The smallest absolute Gasteiger partial charge is 0.0991 e. The summed E-state index contributed by atoms with van der Waals surface area (Å²) in [4.78, 5) is 0. The lowest BCUT2D eigenvalue weighted by atomic mass is 9.82. The van der Waals surface area contributed by atoms with Crippen molar-refractivity contribution in [3.05, 3.63) is 143 Å². The zero-order chi connectivity index (χ0) is 32.0. The summed E-state index contributed by atoms with van der Waals surface area (Å²) in [6.07, 6.45) is 0. The molecule has 8 aromatic rings. The molecule has 0 aliphatic heterocycles. The molecule has 0 N–H and O–H groups in total. The van der Waals surface area contributed by atoms with E-state index in [1.165, 1.54) is 27.5 Å². The van der Waals surface area contributed by atoms with Crippen LogP contribution in [0, 0.1) is 34.0 Å². The highest BCUT2D eigenvalue weighted by molar-refractivity contribution is 6.16. The van der Waals surface area contributed by atoms with Gasteiger partial charge in [0.1, 0.15) is 0 Å². The van der Waals surface area contributed by atoms with E-state index < -0.39 is 0 Å². The topological polar surface area (TPSA) is 81.2 Å². The SMILES string of the molecule is CC1(C)c2ccc(C#N)cc2-c2c1ccc1c3ccccc3n(-c3cccc(-n4c5ccc(C#N)cc5c5cc(C#N)ccc54)c3)c21. The predicted octanol–water partition coefficient (Wildman–Crippen LogP) is 9.80. The largest absolute Gasteiger partial charge is 0.309 e. The normalized spacial score (nSPS) is 13.0. The summed E-state index contributed by atoms with van der Waals surface area (Å²) in [6, 6.07) is 46.1. The van der Waals surface area contributed by atoms with Crippen molar-refractivity contribution >= 4 is 43.6 Å². The van der Waals surface area contributed by atoms with Crippen LogP contribution in [0.3, 0.4) is 0 Å². The minimum atomic E-state index is -0.219. The number of hydrogen-bond donors (Lipinski definition) is 0. The van der Waals surface area contributed by atoms with Gasteiger partial charge in [0.2, 0.25) is 0 Å². The van der Waals surface area contributed by atoms with E-state index in [1.807, 2.05) is 48.5 Å². The van der Waals surface area contributed by atoms with Crippen molar-refractivity contribution in [3.8, 4) is 40.7 Å². The molecule has 0 bridgehead atoms. The molecule has 0 radical (unpaired) electrons. The van der Waals surface area contributed by atoms with Gasteiger partial charge in [-0.05, 0) is 89.5 Å². The molecule has 1 aliphatic carbocycles. The summed E-state index contributed by atoms with van der Waals surface area (Å²) >= 11 is 0. The van der Waals surface area contributed by atoms with Gasteiger partial charge in [-0.2, -0.15) is 15.8 Å². The fourth-order valence-electron chi connectivity index (χ4n) is 7.84. The molecular formula is C42H25N5. The molecule has 9 rings (SSSR count). The molecule has 5 nitrogen and oxygen atoms in total. The molecule has 0 unspecified atom stereocenters. The van der Waals surface area contributed by atoms with E-state index in [0.29, 0.717) is 16.7 Å². The molecule has 2 aromatic heterocycles. The first-order valence-electron chi connectivity index (χ1n) is 15.5. The van der Waals surface area contributed by atoms with Crippen LogP contribution in [0.5, 0.6) is 0 Å². The van der Waals surface area contributed by atoms with Crippen LogP contribution < -0.4 is 0 Å². The average molecular weight is 600 g/mol. The monoisotopic (exact) mass is 599 g/mol. The van der Waals surface area contributed by atoms with Crippen molar-refractivity contribution in [2.24, 2.45) is 0 Å². The molecule has 0 atom stereocenters. The molecule has 218 valence electrons. The highest BCUT2D eigenvalue weighted by Gasteiger charge is 2.38. The fraction of sp³-hybridized carbons (Fsp3) is 0.0714. The molecule has 0 fully saturated rings. The Labute approximate surface area is 271 Å². The van der Waals surface area contributed by atoms with Gasteiger partial charge in [0, 0.05) is 43.9 Å². The number of aromatic nitrogens is 2. The van der Waals surface area contributed by atoms with Gasteiger partial charge in [-0.15, -0.1) is 0 Å². The molecular weight excluding hydrogens is 574 g/mol. The molecule has 2 heterocycles. The first kappa shape index (κ1) is 26.8. The Bertz CT molecular complexity index is 2730. The fourth-order valence-corrected chi connectivity index (χ4v) is 7.84. The molecule has 0 amide bonds. The molecule has 1 aliphatic rings. The van der Waals surface area contributed by atoms with Gasteiger partial charge in [-0.3, -0.25) is 0 Å². The van der Waals surface area contributed by atoms with Gasteiger partial charge in [-0.1, -0.05) is 56.3 Å². The van der Waals surface area contributed by atoms with Crippen LogP contribution >= 0.6 is 0 Å². The summed E-state index contributed by atoms with van der Waals surface area (Å²) in [5, 5.41) is 33.4. The number of nitriles is 3. The zero-order valence-corrected chi connectivity index (χ0v) is 25.7. The van der Waals surface area contributed by atoms with Crippen LogP contribution in [-0.4, -0.2) is 9.13 Å². The number of hydrogen-bond acceptors (Lipinski definition) is 3. The molecule has 0 saturated heterocycles. The van der Waals surface area contributed by atoms with Crippen molar-refractivity contribution in [1.29, 1.82) is 15.8 Å². The molecule has 5 heteroatoms. The van der Waals surface area contributed by atoms with Crippen molar-refractivity contribution in [3.63, 3.8) is 0 Å². The second-order valence-electron chi connectivity index (χ2n) is 12.8. The number of benzene rings is 6. The number of rotatable bonds is 2. The van der Waals surface area contributed by atoms with Gasteiger partial charge < -0.3 is 9.13 Å². The highest BCUT2D eigenvalue weighted by Crippen LogP contribution is 2.53. The second-order valence-corrected chi connectivity index (χ2v) is 12.8. The summed E-state index contributed by atoms with van der Waals surface area (Å²) in [7, 11) is 0. The van der Waals surface area contributed by atoms with Crippen LogP contribution in [0.2, 0.25) is 0 Å². The molecule has 6 aromatic carbocycles.